The zero-order valence-electron chi connectivity index (χ0n) is 11.7. The van der Waals surface area contributed by atoms with E-state index in [2.05, 4.69) is 11.2 Å². The number of halogens is 1. The van der Waals surface area contributed by atoms with Gasteiger partial charge in [-0.3, -0.25) is 0 Å². The Bertz CT molecular complexity index is 594. The minimum absolute atomic E-state index is 0.0343. The largest absolute Gasteiger partial charge is 0.313 e. The van der Waals surface area contributed by atoms with Crippen LogP contribution in [0.4, 0.5) is 0 Å². The van der Waals surface area contributed by atoms with E-state index in [0.717, 1.165) is 12.1 Å². The number of benzene rings is 1. The van der Waals surface area contributed by atoms with Gasteiger partial charge in [-0.05, 0) is 24.2 Å². The molecule has 0 fully saturated rings. The van der Waals surface area contributed by atoms with Crippen LogP contribution in [0.2, 0.25) is 5.02 Å². The number of sulfonamides is 1. The van der Waals surface area contributed by atoms with Gasteiger partial charge in [-0.25, -0.2) is 8.42 Å². The zero-order chi connectivity index (χ0) is 15.2. The number of terminal acetylenes is 1. The first-order valence-electron chi connectivity index (χ1n) is 6.40. The Hall–Kier alpha value is -1.06. The molecule has 0 aliphatic rings. The van der Waals surface area contributed by atoms with Crippen molar-refractivity contribution in [1.29, 1.82) is 0 Å². The molecule has 1 aromatic carbocycles. The fourth-order valence-corrected chi connectivity index (χ4v) is 3.62. The summed E-state index contributed by atoms with van der Waals surface area (Å²) in [5.41, 5.74) is 0.867. The summed E-state index contributed by atoms with van der Waals surface area (Å²) >= 11 is 6.04. The summed E-state index contributed by atoms with van der Waals surface area (Å²) in [6.07, 6.45) is 5.21. The maximum absolute atomic E-state index is 12.5. The highest BCUT2D eigenvalue weighted by molar-refractivity contribution is 7.89. The second-order valence-electron chi connectivity index (χ2n) is 4.18. The van der Waals surface area contributed by atoms with E-state index in [0.29, 0.717) is 13.1 Å². The van der Waals surface area contributed by atoms with Crippen LogP contribution in [0, 0.1) is 12.3 Å². The summed E-state index contributed by atoms with van der Waals surface area (Å²) in [4.78, 5) is 0.103. The number of hydrogen-bond acceptors (Lipinski definition) is 3. The van der Waals surface area contributed by atoms with Gasteiger partial charge in [-0.2, -0.15) is 4.31 Å². The van der Waals surface area contributed by atoms with Gasteiger partial charge >= 0.3 is 0 Å². The van der Waals surface area contributed by atoms with Crippen LogP contribution in [0.25, 0.3) is 0 Å². The maximum atomic E-state index is 12.5. The Balaban J connectivity index is 3.19. The smallest absolute Gasteiger partial charge is 0.245 e. The van der Waals surface area contributed by atoms with Crippen molar-refractivity contribution in [3.05, 3.63) is 28.8 Å². The van der Waals surface area contributed by atoms with Crippen LogP contribution in [0.5, 0.6) is 0 Å². The minimum atomic E-state index is -3.66. The predicted molar refractivity (Wildman–Crippen MR) is 82.1 cm³/mol. The molecule has 1 rings (SSSR count). The van der Waals surface area contributed by atoms with Crippen molar-refractivity contribution in [2.75, 3.05) is 19.6 Å². The van der Waals surface area contributed by atoms with Crippen molar-refractivity contribution in [3.8, 4) is 12.3 Å². The molecule has 110 valence electrons. The van der Waals surface area contributed by atoms with Crippen LogP contribution < -0.4 is 5.32 Å². The number of rotatable bonds is 7. The van der Waals surface area contributed by atoms with Gasteiger partial charge in [-0.15, -0.1) is 6.42 Å². The van der Waals surface area contributed by atoms with Gasteiger partial charge in [0.25, 0.3) is 0 Å². The van der Waals surface area contributed by atoms with Crippen LogP contribution in [0.15, 0.2) is 23.1 Å². The fraction of sp³-hybridized carbons (Fsp3) is 0.429. The Morgan fingerprint density at radius 3 is 2.65 bits per heavy atom. The van der Waals surface area contributed by atoms with E-state index in [1.807, 2.05) is 13.0 Å². The van der Waals surface area contributed by atoms with Crippen molar-refractivity contribution in [2.45, 2.75) is 25.3 Å². The summed E-state index contributed by atoms with van der Waals surface area (Å²) in [6, 6.07) is 5.01. The van der Waals surface area contributed by atoms with Crippen LogP contribution in [0.1, 0.15) is 19.4 Å². The second-order valence-corrected chi connectivity index (χ2v) is 6.49. The van der Waals surface area contributed by atoms with Gasteiger partial charge in [0.2, 0.25) is 10.0 Å². The summed E-state index contributed by atoms with van der Waals surface area (Å²) in [7, 11) is -3.66. The first-order chi connectivity index (χ1) is 9.47. The SMILES string of the molecule is C#CCN(CC)S(=O)(=O)c1cc(CNCC)ccc1Cl. The minimum Gasteiger partial charge on any atom is -0.313 e. The van der Waals surface area contributed by atoms with Crippen molar-refractivity contribution >= 4 is 21.6 Å². The highest BCUT2D eigenvalue weighted by atomic mass is 35.5. The second kappa shape index (κ2) is 7.65. The van der Waals surface area contributed by atoms with Crippen LogP contribution in [-0.4, -0.2) is 32.4 Å². The number of nitrogens with one attached hydrogen (secondary N) is 1. The molecule has 0 aliphatic heterocycles. The first-order valence-corrected chi connectivity index (χ1v) is 8.21. The summed E-state index contributed by atoms with van der Waals surface area (Å²) in [5.74, 6) is 2.35. The Labute approximate surface area is 126 Å². The molecule has 0 unspecified atom stereocenters. The Morgan fingerprint density at radius 2 is 2.10 bits per heavy atom. The molecule has 0 amide bonds. The van der Waals surface area contributed by atoms with Crippen LogP contribution in [0.3, 0.4) is 0 Å². The van der Waals surface area contributed by atoms with E-state index in [1.165, 1.54) is 4.31 Å². The number of hydrogen-bond donors (Lipinski definition) is 1. The third-order valence-electron chi connectivity index (χ3n) is 2.81. The molecule has 0 atom stereocenters. The molecule has 4 nitrogen and oxygen atoms in total. The molecule has 0 bridgehead atoms. The van der Waals surface area contributed by atoms with Crippen molar-refractivity contribution in [2.24, 2.45) is 0 Å². The van der Waals surface area contributed by atoms with Gasteiger partial charge < -0.3 is 5.32 Å². The molecular weight excluding hydrogens is 296 g/mol. The van der Waals surface area contributed by atoms with E-state index in [-0.39, 0.29) is 16.5 Å². The van der Waals surface area contributed by atoms with Crippen LogP contribution >= 0.6 is 11.6 Å². The summed E-state index contributed by atoms with van der Waals surface area (Å²) < 4.78 is 26.3. The molecule has 0 spiro atoms. The van der Waals surface area contributed by atoms with Gasteiger partial charge in [0.1, 0.15) is 4.90 Å². The van der Waals surface area contributed by atoms with Gasteiger partial charge in [-0.1, -0.05) is 37.4 Å². The maximum Gasteiger partial charge on any atom is 0.245 e. The summed E-state index contributed by atoms with van der Waals surface area (Å²) in [6.45, 7) is 5.47. The molecule has 0 aliphatic carbocycles. The Morgan fingerprint density at radius 1 is 1.40 bits per heavy atom. The predicted octanol–water partition coefficient (Wildman–Crippen LogP) is 2.09. The monoisotopic (exact) mass is 314 g/mol. The average Bonchev–Trinajstić information content (AvgIpc) is 2.43. The summed E-state index contributed by atoms with van der Waals surface area (Å²) in [5, 5.41) is 3.36. The molecule has 0 heterocycles. The van der Waals surface area contributed by atoms with E-state index in [9.17, 15) is 8.42 Å². The lowest BCUT2D eigenvalue weighted by Crippen LogP contribution is -2.31. The zero-order valence-corrected chi connectivity index (χ0v) is 13.3. The van der Waals surface area contributed by atoms with Crippen molar-refractivity contribution < 1.29 is 8.42 Å². The molecule has 6 heteroatoms. The molecule has 1 aromatic rings. The topological polar surface area (TPSA) is 49.4 Å². The van der Waals surface area contributed by atoms with E-state index in [1.54, 1.807) is 19.1 Å². The molecular formula is C14H19ClN2O2S. The van der Waals surface area contributed by atoms with E-state index in [4.69, 9.17) is 18.0 Å². The van der Waals surface area contributed by atoms with Gasteiger partial charge in [0.05, 0.1) is 11.6 Å². The average molecular weight is 315 g/mol. The van der Waals surface area contributed by atoms with Crippen LogP contribution in [-0.2, 0) is 16.6 Å². The molecule has 0 saturated heterocycles. The lowest BCUT2D eigenvalue weighted by molar-refractivity contribution is 0.464. The van der Waals surface area contributed by atoms with Gasteiger partial charge in [0, 0.05) is 13.1 Å². The van der Waals surface area contributed by atoms with Crippen molar-refractivity contribution in [1.82, 2.24) is 9.62 Å². The first kappa shape index (κ1) is 17.0. The molecule has 0 saturated carbocycles. The van der Waals surface area contributed by atoms with E-state index >= 15 is 0 Å². The highest BCUT2D eigenvalue weighted by Gasteiger charge is 2.25. The lowest BCUT2D eigenvalue weighted by atomic mass is 10.2. The number of nitrogens with zero attached hydrogens (tertiary/aromatic N) is 1. The fourth-order valence-electron chi connectivity index (χ4n) is 1.73. The third kappa shape index (κ3) is 3.97. The standard InChI is InChI=1S/C14H19ClN2O2S/c1-4-9-17(6-3)20(18,19)14-10-12(11-16-5-2)7-8-13(14)15/h1,7-8,10,16H,5-6,9,11H2,2-3H3. The van der Waals surface area contributed by atoms with Crippen molar-refractivity contribution in [3.63, 3.8) is 0 Å². The molecule has 0 aromatic heterocycles. The van der Waals surface area contributed by atoms with E-state index < -0.39 is 10.0 Å². The highest BCUT2D eigenvalue weighted by Crippen LogP contribution is 2.25. The molecule has 0 radical (unpaired) electrons. The normalized spacial score (nSPS) is 11.6. The molecule has 20 heavy (non-hydrogen) atoms. The molecule has 1 N–H and O–H groups in total. The quantitative estimate of drug-likeness (QED) is 0.784. The van der Waals surface area contributed by atoms with Gasteiger partial charge in [0.15, 0.2) is 0 Å². The lowest BCUT2D eigenvalue weighted by Gasteiger charge is -2.19. The third-order valence-corrected chi connectivity index (χ3v) is 5.22. The Kier molecular flexibility index (Phi) is 6.50.